The second-order valence-electron chi connectivity index (χ2n) is 3.39. The van der Waals surface area contributed by atoms with Gasteiger partial charge in [-0.3, -0.25) is 4.98 Å². The highest BCUT2D eigenvalue weighted by Gasteiger charge is 2.16. The summed E-state index contributed by atoms with van der Waals surface area (Å²) in [7, 11) is 0. The van der Waals surface area contributed by atoms with Crippen molar-refractivity contribution in [3.8, 4) is 5.75 Å². The second-order valence-corrected chi connectivity index (χ2v) is 3.39. The topological polar surface area (TPSA) is 34.1 Å². The van der Waals surface area contributed by atoms with Crippen molar-refractivity contribution in [3.05, 3.63) is 24.0 Å². The van der Waals surface area contributed by atoms with E-state index in [1.165, 1.54) is 6.42 Å². The van der Waals surface area contributed by atoms with Crippen molar-refractivity contribution < 1.29 is 4.74 Å². The Morgan fingerprint density at radius 1 is 1.62 bits per heavy atom. The first-order valence-electron chi connectivity index (χ1n) is 4.63. The smallest absolute Gasteiger partial charge is 0.137 e. The maximum absolute atomic E-state index is 5.54. The molecule has 3 nitrogen and oxygen atoms in total. The third-order valence-corrected chi connectivity index (χ3v) is 2.26. The highest BCUT2D eigenvalue weighted by atomic mass is 16.5. The highest BCUT2D eigenvalue weighted by molar-refractivity contribution is 5.19. The number of nitrogens with one attached hydrogen (secondary N) is 1. The second kappa shape index (κ2) is 3.75. The maximum atomic E-state index is 5.54. The van der Waals surface area contributed by atoms with Gasteiger partial charge in [0.15, 0.2) is 0 Å². The van der Waals surface area contributed by atoms with Crippen LogP contribution < -0.4 is 10.1 Å². The van der Waals surface area contributed by atoms with E-state index >= 15 is 0 Å². The molecule has 1 saturated heterocycles. The summed E-state index contributed by atoms with van der Waals surface area (Å²) in [6, 6.07) is 4.46. The Labute approximate surface area is 78.1 Å². The van der Waals surface area contributed by atoms with Crippen LogP contribution in [0.15, 0.2) is 18.3 Å². The molecule has 0 aromatic carbocycles. The Balaban J connectivity index is 1.83. The summed E-state index contributed by atoms with van der Waals surface area (Å²) in [5.41, 5.74) is 1.02. The van der Waals surface area contributed by atoms with E-state index in [2.05, 4.69) is 10.3 Å². The fourth-order valence-electron chi connectivity index (χ4n) is 1.23. The number of nitrogens with zero attached hydrogens (tertiary/aromatic N) is 1. The Kier molecular flexibility index (Phi) is 2.45. The third kappa shape index (κ3) is 2.18. The number of aryl methyl sites for hydroxylation is 1. The SMILES string of the molecule is Cc1ccc(OC[C@@H]2CCN2)cn1. The van der Waals surface area contributed by atoms with Crippen molar-refractivity contribution in [1.29, 1.82) is 0 Å². The van der Waals surface area contributed by atoms with Crippen molar-refractivity contribution in [2.75, 3.05) is 13.2 Å². The molecule has 70 valence electrons. The van der Waals surface area contributed by atoms with E-state index in [1.807, 2.05) is 19.1 Å². The van der Waals surface area contributed by atoms with E-state index < -0.39 is 0 Å². The van der Waals surface area contributed by atoms with Crippen LogP contribution >= 0.6 is 0 Å². The van der Waals surface area contributed by atoms with Crippen molar-refractivity contribution in [3.63, 3.8) is 0 Å². The Morgan fingerprint density at radius 3 is 3.00 bits per heavy atom. The molecule has 1 aliphatic rings. The highest BCUT2D eigenvalue weighted by Crippen LogP contribution is 2.10. The zero-order chi connectivity index (χ0) is 9.10. The predicted octanol–water partition coefficient (Wildman–Crippen LogP) is 1.13. The summed E-state index contributed by atoms with van der Waals surface area (Å²) >= 11 is 0. The average Bonchev–Trinajstić information content (AvgIpc) is 2.05. The van der Waals surface area contributed by atoms with Crippen molar-refractivity contribution in [2.45, 2.75) is 19.4 Å². The molecule has 1 aromatic rings. The molecule has 0 bridgehead atoms. The molecule has 1 N–H and O–H groups in total. The molecule has 0 saturated carbocycles. The molecule has 2 rings (SSSR count). The molecule has 1 aliphatic heterocycles. The zero-order valence-corrected chi connectivity index (χ0v) is 7.79. The lowest BCUT2D eigenvalue weighted by Gasteiger charge is -2.27. The van der Waals surface area contributed by atoms with Gasteiger partial charge in [-0.2, -0.15) is 0 Å². The molecule has 0 radical (unpaired) electrons. The minimum absolute atomic E-state index is 0.543. The van der Waals surface area contributed by atoms with Gasteiger partial charge in [0.1, 0.15) is 12.4 Å². The fraction of sp³-hybridized carbons (Fsp3) is 0.500. The lowest BCUT2D eigenvalue weighted by Crippen LogP contribution is -2.46. The molecule has 0 unspecified atom stereocenters. The molecule has 3 heteroatoms. The monoisotopic (exact) mass is 178 g/mol. The van der Waals surface area contributed by atoms with E-state index in [4.69, 9.17) is 4.74 Å². The molecular formula is C10H14N2O. The quantitative estimate of drug-likeness (QED) is 0.753. The summed E-state index contributed by atoms with van der Waals surface area (Å²) in [5.74, 6) is 0.860. The van der Waals surface area contributed by atoms with Gasteiger partial charge >= 0.3 is 0 Å². The van der Waals surface area contributed by atoms with E-state index in [1.54, 1.807) is 6.20 Å². The summed E-state index contributed by atoms with van der Waals surface area (Å²) in [6.45, 7) is 3.85. The molecule has 1 fully saturated rings. The van der Waals surface area contributed by atoms with Crippen LogP contribution in [-0.4, -0.2) is 24.2 Å². The molecule has 2 heterocycles. The van der Waals surface area contributed by atoms with Gasteiger partial charge in [-0.15, -0.1) is 0 Å². The van der Waals surface area contributed by atoms with Crippen LogP contribution in [0.2, 0.25) is 0 Å². The summed E-state index contributed by atoms with van der Waals surface area (Å²) in [5, 5.41) is 3.28. The standard InChI is InChI=1S/C10H14N2O/c1-8-2-3-10(6-12-8)13-7-9-4-5-11-9/h2-3,6,9,11H,4-5,7H2,1H3/t9-/m0/s1. The van der Waals surface area contributed by atoms with E-state index in [0.717, 1.165) is 24.6 Å². The largest absolute Gasteiger partial charge is 0.490 e. The van der Waals surface area contributed by atoms with Gasteiger partial charge in [-0.1, -0.05) is 0 Å². The lowest BCUT2D eigenvalue weighted by molar-refractivity contribution is 0.217. The average molecular weight is 178 g/mol. The number of hydrogen-bond acceptors (Lipinski definition) is 3. The molecule has 1 aromatic heterocycles. The fourth-order valence-corrected chi connectivity index (χ4v) is 1.23. The van der Waals surface area contributed by atoms with Crippen molar-refractivity contribution >= 4 is 0 Å². The van der Waals surface area contributed by atoms with Crippen LogP contribution in [0.4, 0.5) is 0 Å². The zero-order valence-electron chi connectivity index (χ0n) is 7.79. The molecule has 0 spiro atoms. The van der Waals surface area contributed by atoms with E-state index in [9.17, 15) is 0 Å². The first-order chi connectivity index (χ1) is 6.34. The summed E-state index contributed by atoms with van der Waals surface area (Å²) in [4.78, 5) is 4.16. The van der Waals surface area contributed by atoms with Gasteiger partial charge in [0.2, 0.25) is 0 Å². The number of aromatic nitrogens is 1. The van der Waals surface area contributed by atoms with Crippen LogP contribution in [0.5, 0.6) is 5.75 Å². The van der Waals surface area contributed by atoms with Crippen LogP contribution in [0.25, 0.3) is 0 Å². The van der Waals surface area contributed by atoms with Crippen molar-refractivity contribution in [1.82, 2.24) is 10.3 Å². The summed E-state index contributed by atoms with van der Waals surface area (Å²) < 4.78 is 5.54. The van der Waals surface area contributed by atoms with Crippen LogP contribution in [-0.2, 0) is 0 Å². The molecule has 13 heavy (non-hydrogen) atoms. The van der Waals surface area contributed by atoms with Gasteiger partial charge < -0.3 is 10.1 Å². The number of ether oxygens (including phenoxy) is 1. The molecule has 1 atom stereocenters. The molecule has 0 amide bonds. The number of pyridine rings is 1. The van der Waals surface area contributed by atoms with Gasteiger partial charge in [0, 0.05) is 11.7 Å². The van der Waals surface area contributed by atoms with Crippen LogP contribution in [0.3, 0.4) is 0 Å². The predicted molar refractivity (Wildman–Crippen MR) is 50.9 cm³/mol. The lowest BCUT2D eigenvalue weighted by atomic mass is 10.1. The van der Waals surface area contributed by atoms with Gasteiger partial charge in [0.25, 0.3) is 0 Å². The van der Waals surface area contributed by atoms with Crippen molar-refractivity contribution in [2.24, 2.45) is 0 Å². The van der Waals surface area contributed by atoms with Crippen LogP contribution in [0.1, 0.15) is 12.1 Å². The Morgan fingerprint density at radius 2 is 2.46 bits per heavy atom. The van der Waals surface area contributed by atoms with E-state index in [-0.39, 0.29) is 0 Å². The van der Waals surface area contributed by atoms with Gasteiger partial charge in [-0.25, -0.2) is 0 Å². The third-order valence-electron chi connectivity index (χ3n) is 2.26. The van der Waals surface area contributed by atoms with Gasteiger partial charge in [-0.05, 0) is 32.0 Å². The minimum atomic E-state index is 0.543. The molecular weight excluding hydrogens is 164 g/mol. The van der Waals surface area contributed by atoms with Gasteiger partial charge in [0.05, 0.1) is 6.20 Å². The maximum Gasteiger partial charge on any atom is 0.137 e. The van der Waals surface area contributed by atoms with Crippen LogP contribution in [0, 0.1) is 6.92 Å². The number of rotatable bonds is 3. The van der Waals surface area contributed by atoms with E-state index in [0.29, 0.717) is 6.04 Å². The Bertz CT molecular complexity index is 267. The normalized spacial score (nSPS) is 20.8. The first kappa shape index (κ1) is 8.51. The molecule has 0 aliphatic carbocycles. The Hall–Kier alpha value is -1.09. The minimum Gasteiger partial charge on any atom is -0.490 e. The number of hydrogen-bond donors (Lipinski definition) is 1. The first-order valence-corrected chi connectivity index (χ1v) is 4.63. The summed E-state index contributed by atoms with van der Waals surface area (Å²) in [6.07, 6.45) is 2.99.